The SMILES string of the molecule is NCC1CCC(O)C1.NCC1CCC(O)C1. The van der Waals surface area contributed by atoms with Crippen LogP contribution in [0, 0.1) is 11.8 Å². The van der Waals surface area contributed by atoms with Crippen LogP contribution in [0.4, 0.5) is 0 Å². The second-order valence-corrected chi connectivity index (χ2v) is 5.14. The molecule has 0 aliphatic heterocycles. The standard InChI is InChI=1S/2C6H13NO/c2*7-4-5-1-2-6(8)3-5/h2*5-6,8H,1-4,7H2. The molecular formula is C12H26N2O2. The first kappa shape index (κ1) is 13.9. The van der Waals surface area contributed by atoms with Gasteiger partial charge in [-0.25, -0.2) is 0 Å². The van der Waals surface area contributed by atoms with Crippen molar-refractivity contribution < 1.29 is 10.2 Å². The Morgan fingerprint density at radius 1 is 0.750 bits per heavy atom. The minimum absolute atomic E-state index is 0.0523. The monoisotopic (exact) mass is 230 g/mol. The lowest BCUT2D eigenvalue weighted by atomic mass is 10.1. The summed E-state index contributed by atoms with van der Waals surface area (Å²) < 4.78 is 0. The van der Waals surface area contributed by atoms with Crippen molar-refractivity contribution in [3.8, 4) is 0 Å². The zero-order chi connectivity index (χ0) is 12.0. The van der Waals surface area contributed by atoms with Crippen LogP contribution in [0.3, 0.4) is 0 Å². The molecule has 4 unspecified atom stereocenters. The van der Waals surface area contributed by atoms with Crippen LogP contribution in [0.25, 0.3) is 0 Å². The van der Waals surface area contributed by atoms with Gasteiger partial charge in [-0.3, -0.25) is 0 Å². The second-order valence-electron chi connectivity index (χ2n) is 5.14. The zero-order valence-electron chi connectivity index (χ0n) is 10.0. The van der Waals surface area contributed by atoms with Crippen molar-refractivity contribution in [3.05, 3.63) is 0 Å². The molecule has 0 heterocycles. The minimum atomic E-state index is -0.0523. The third kappa shape index (κ3) is 4.78. The number of hydrogen-bond donors (Lipinski definition) is 4. The van der Waals surface area contributed by atoms with Gasteiger partial charge in [-0.1, -0.05) is 0 Å². The number of aliphatic hydroxyl groups is 2. The molecule has 2 saturated carbocycles. The molecule has 4 nitrogen and oxygen atoms in total. The van der Waals surface area contributed by atoms with Crippen molar-refractivity contribution >= 4 is 0 Å². The lowest BCUT2D eigenvalue weighted by Gasteiger charge is -2.01. The maximum atomic E-state index is 8.98. The fourth-order valence-electron chi connectivity index (χ4n) is 2.53. The number of nitrogens with two attached hydrogens (primary N) is 2. The molecule has 0 aromatic rings. The summed E-state index contributed by atoms with van der Waals surface area (Å²) in [5.41, 5.74) is 10.8. The first-order valence-electron chi connectivity index (χ1n) is 6.42. The summed E-state index contributed by atoms with van der Waals surface area (Å²) >= 11 is 0. The molecule has 2 aliphatic rings. The Hall–Kier alpha value is -0.160. The van der Waals surface area contributed by atoms with Crippen LogP contribution < -0.4 is 11.5 Å². The molecule has 0 aromatic carbocycles. The van der Waals surface area contributed by atoms with Crippen molar-refractivity contribution in [3.63, 3.8) is 0 Å². The molecule has 0 spiro atoms. The fraction of sp³-hybridized carbons (Fsp3) is 1.00. The Labute approximate surface area is 98.0 Å². The highest BCUT2D eigenvalue weighted by molar-refractivity contribution is 4.75. The predicted octanol–water partition coefficient (Wildman–Crippen LogP) is 0.212. The largest absolute Gasteiger partial charge is 0.393 e. The van der Waals surface area contributed by atoms with Gasteiger partial charge in [-0.05, 0) is 63.5 Å². The van der Waals surface area contributed by atoms with Gasteiger partial charge in [0.25, 0.3) is 0 Å². The van der Waals surface area contributed by atoms with Crippen LogP contribution in [-0.4, -0.2) is 35.5 Å². The highest BCUT2D eigenvalue weighted by Crippen LogP contribution is 2.24. The van der Waals surface area contributed by atoms with Crippen molar-refractivity contribution in [2.75, 3.05) is 13.1 Å². The number of hydrogen-bond acceptors (Lipinski definition) is 4. The summed E-state index contributed by atoms with van der Waals surface area (Å²) in [6.45, 7) is 1.49. The van der Waals surface area contributed by atoms with E-state index in [2.05, 4.69) is 0 Å². The van der Waals surface area contributed by atoms with Crippen LogP contribution in [0.2, 0.25) is 0 Å². The van der Waals surface area contributed by atoms with E-state index in [1.54, 1.807) is 0 Å². The Morgan fingerprint density at radius 3 is 1.25 bits per heavy atom. The molecule has 0 aromatic heterocycles. The number of rotatable bonds is 2. The third-order valence-electron chi connectivity index (χ3n) is 3.69. The Morgan fingerprint density at radius 2 is 1.12 bits per heavy atom. The first-order chi connectivity index (χ1) is 7.65. The molecule has 16 heavy (non-hydrogen) atoms. The Balaban J connectivity index is 0.000000160. The molecule has 2 aliphatic carbocycles. The molecule has 6 N–H and O–H groups in total. The topological polar surface area (TPSA) is 92.5 Å². The van der Waals surface area contributed by atoms with Crippen LogP contribution in [0.1, 0.15) is 38.5 Å². The molecule has 0 amide bonds. The summed E-state index contributed by atoms with van der Waals surface area (Å²) in [4.78, 5) is 0. The quantitative estimate of drug-likeness (QED) is 0.546. The molecule has 2 fully saturated rings. The van der Waals surface area contributed by atoms with Gasteiger partial charge >= 0.3 is 0 Å². The van der Waals surface area contributed by atoms with E-state index in [0.717, 1.165) is 51.6 Å². The maximum Gasteiger partial charge on any atom is 0.0543 e. The molecule has 4 atom stereocenters. The molecule has 2 rings (SSSR count). The highest BCUT2D eigenvalue weighted by Gasteiger charge is 2.21. The van der Waals surface area contributed by atoms with E-state index >= 15 is 0 Å². The van der Waals surface area contributed by atoms with Crippen LogP contribution in [0.5, 0.6) is 0 Å². The lowest BCUT2D eigenvalue weighted by Crippen LogP contribution is -2.11. The van der Waals surface area contributed by atoms with Crippen LogP contribution in [0.15, 0.2) is 0 Å². The van der Waals surface area contributed by atoms with Gasteiger partial charge in [0.15, 0.2) is 0 Å². The maximum absolute atomic E-state index is 8.98. The average Bonchev–Trinajstić information content (AvgIpc) is 2.88. The van der Waals surface area contributed by atoms with Crippen molar-refractivity contribution in [2.24, 2.45) is 23.3 Å². The van der Waals surface area contributed by atoms with Crippen LogP contribution in [-0.2, 0) is 0 Å². The molecule has 4 heteroatoms. The number of aliphatic hydroxyl groups excluding tert-OH is 2. The summed E-state index contributed by atoms with van der Waals surface area (Å²) in [5.74, 6) is 1.20. The third-order valence-corrected chi connectivity index (χ3v) is 3.69. The minimum Gasteiger partial charge on any atom is -0.393 e. The Kier molecular flexibility index (Phi) is 6.28. The summed E-state index contributed by atoms with van der Waals surface area (Å²) in [6.07, 6.45) is 5.92. The van der Waals surface area contributed by atoms with E-state index in [1.165, 1.54) is 0 Å². The summed E-state index contributed by atoms with van der Waals surface area (Å²) in [7, 11) is 0. The summed E-state index contributed by atoms with van der Waals surface area (Å²) in [6, 6.07) is 0. The van der Waals surface area contributed by atoms with E-state index in [9.17, 15) is 0 Å². The lowest BCUT2D eigenvalue weighted by molar-refractivity contribution is 0.177. The van der Waals surface area contributed by atoms with Crippen molar-refractivity contribution in [2.45, 2.75) is 50.7 Å². The molecular weight excluding hydrogens is 204 g/mol. The van der Waals surface area contributed by atoms with E-state index in [-0.39, 0.29) is 12.2 Å². The van der Waals surface area contributed by atoms with E-state index < -0.39 is 0 Å². The smallest absolute Gasteiger partial charge is 0.0543 e. The zero-order valence-corrected chi connectivity index (χ0v) is 10.0. The molecule has 0 saturated heterocycles. The van der Waals surface area contributed by atoms with E-state index in [1.807, 2.05) is 0 Å². The molecule has 96 valence electrons. The van der Waals surface area contributed by atoms with E-state index in [4.69, 9.17) is 21.7 Å². The van der Waals surface area contributed by atoms with Crippen molar-refractivity contribution in [1.29, 1.82) is 0 Å². The van der Waals surface area contributed by atoms with Crippen LogP contribution >= 0.6 is 0 Å². The van der Waals surface area contributed by atoms with Gasteiger partial charge in [0.05, 0.1) is 12.2 Å². The van der Waals surface area contributed by atoms with E-state index in [0.29, 0.717) is 11.8 Å². The fourth-order valence-corrected chi connectivity index (χ4v) is 2.53. The average molecular weight is 230 g/mol. The second kappa shape index (κ2) is 7.22. The van der Waals surface area contributed by atoms with Gasteiger partial charge in [0, 0.05) is 0 Å². The molecule has 0 bridgehead atoms. The van der Waals surface area contributed by atoms with Crippen molar-refractivity contribution in [1.82, 2.24) is 0 Å². The highest BCUT2D eigenvalue weighted by atomic mass is 16.3. The first-order valence-corrected chi connectivity index (χ1v) is 6.42. The summed E-state index contributed by atoms with van der Waals surface area (Å²) in [5, 5.41) is 18.0. The Bertz CT molecular complexity index is 170. The van der Waals surface area contributed by atoms with Gasteiger partial charge < -0.3 is 21.7 Å². The molecule has 0 radical (unpaired) electrons. The van der Waals surface area contributed by atoms with Gasteiger partial charge in [0.2, 0.25) is 0 Å². The van der Waals surface area contributed by atoms with Gasteiger partial charge in [-0.15, -0.1) is 0 Å². The normalized spacial score (nSPS) is 38.2. The van der Waals surface area contributed by atoms with Gasteiger partial charge in [-0.2, -0.15) is 0 Å². The van der Waals surface area contributed by atoms with Gasteiger partial charge in [0.1, 0.15) is 0 Å². The predicted molar refractivity (Wildman–Crippen MR) is 64.8 cm³/mol.